The highest BCUT2D eigenvalue weighted by Gasteiger charge is 2.48. The number of amides is 1. The average Bonchev–Trinajstić information content (AvgIpc) is 3.50. The third-order valence-corrected chi connectivity index (χ3v) is 6.63. The van der Waals surface area contributed by atoms with Crippen LogP contribution in [0, 0.1) is 0 Å². The molecule has 1 atom stereocenters. The van der Waals surface area contributed by atoms with Gasteiger partial charge in [0.25, 0.3) is 5.91 Å². The van der Waals surface area contributed by atoms with E-state index in [4.69, 9.17) is 20.8 Å². The van der Waals surface area contributed by atoms with Gasteiger partial charge >= 0.3 is 5.97 Å². The molecule has 3 heterocycles. The Morgan fingerprint density at radius 2 is 1.83 bits per heavy atom. The largest absolute Gasteiger partial charge is 0.503 e. The number of esters is 1. The molecule has 0 bridgehead atoms. The van der Waals surface area contributed by atoms with Crippen molar-refractivity contribution in [2.24, 2.45) is 0 Å². The molecule has 0 aliphatic carbocycles. The lowest BCUT2D eigenvalue weighted by Crippen LogP contribution is -2.32. The SMILES string of the molecule is CC(C)(C)OC(=O)C1=C(O)C(=O)N(c2nc3ccccc3s2)C1c1ccc(-c2ccc(Cl)cc2)o1. The van der Waals surface area contributed by atoms with Gasteiger partial charge in [-0.3, -0.25) is 9.69 Å². The molecule has 178 valence electrons. The minimum Gasteiger partial charge on any atom is -0.503 e. The highest BCUT2D eigenvalue weighted by Crippen LogP contribution is 2.45. The summed E-state index contributed by atoms with van der Waals surface area (Å²) in [6.45, 7) is 5.14. The first-order valence-electron chi connectivity index (χ1n) is 10.8. The summed E-state index contributed by atoms with van der Waals surface area (Å²) in [4.78, 5) is 32.3. The Labute approximate surface area is 210 Å². The molecule has 0 saturated heterocycles. The van der Waals surface area contributed by atoms with Crippen LogP contribution in [0.4, 0.5) is 5.13 Å². The summed E-state index contributed by atoms with van der Waals surface area (Å²) in [6, 6.07) is 16.9. The Kier molecular flexibility index (Phi) is 5.65. The number of carbonyl (C=O) groups excluding carboxylic acids is 2. The predicted molar refractivity (Wildman–Crippen MR) is 135 cm³/mol. The van der Waals surface area contributed by atoms with Gasteiger partial charge in [-0.1, -0.05) is 35.1 Å². The predicted octanol–water partition coefficient (Wildman–Crippen LogP) is 6.45. The van der Waals surface area contributed by atoms with Crippen LogP contribution in [0.1, 0.15) is 32.6 Å². The van der Waals surface area contributed by atoms with Crippen LogP contribution in [0.3, 0.4) is 0 Å². The van der Waals surface area contributed by atoms with Gasteiger partial charge in [0, 0.05) is 10.6 Å². The number of para-hydroxylation sites is 1. The fourth-order valence-corrected chi connectivity index (χ4v) is 4.96. The number of thiazole rings is 1. The van der Waals surface area contributed by atoms with E-state index in [1.165, 1.54) is 16.2 Å². The number of benzene rings is 2. The number of nitrogens with zero attached hydrogens (tertiary/aromatic N) is 2. The number of aliphatic hydroxyl groups excluding tert-OH is 1. The van der Waals surface area contributed by atoms with E-state index >= 15 is 0 Å². The van der Waals surface area contributed by atoms with Gasteiger partial charge in [-0.25, -0.2) is 9.78 Å². The molecule has 0 radical (unpaired) electrons. The molecule has 2 aromatic carbocycles. The van der Waals surface area contributed by atoms with Gasteiger partial charge in [0.2, 0.25) is 0 Å². The van der Waals surface area contributed by atoms with Crippen molar-refractivity contribution in [1.29, 1.82) is 0 Å². The number of hydrogen-bond donors (Lipinski definition) is 1. The minimum absolute atomic E-state index is 0.193. The highest BCUT2D eigenvalue weighted by molar-refractivity contribution is 7.22. The molecule has 1 unspecified atom stereocenters. The number of fused-ring (bicyclic) bond motifs is 1. The number of halogens is 1. The zero-order valence-corrected chi connectivity index (χ0v) is 20.7. The van der Waals surface area contributed by atoms with Crippen LogP contribution in [0.15, 0.2) is 76.4 Å². The Bertz CT molecular complexity index is 1450. The van der Waals surface area contributed by atoms with E-state index in [2.05, 4.69) is 4.98 Å². The first-order valence-corrected chi connectivity index (χ1v) is 12.0. The standard InChI is InChI=1S/C26H21ClN2O5S/c1-26(2,3)34-24(32)20-21(18-13-12-17(33-18)14-8-10-15(27)11-9-14)29(23(31)22(20)30)25-28-16-6-4-5-7-19(16)35-25/h4-13,21,30H,1-3H3. The fraction of sp³-hybridized carbons (Fsp3) is 0.192. The zero-order valence-electron chi connectivity index (χ0n) is 19.1. The molecular formula is C26H21ClN2O5S. The minimum atomic E-state index is -1.06. The molecule has 5 rings (SSSR count). The lowest BCUT2D eigenvalue weighted by Gasteiger charge is -2.24. The van der Waals surface area contributed by atoms with Crippen LogP contribution >= 0.6 is 22.9 Å². The number of rotatable bonds is 4. The van der Waals surface area contributed by atoms with Gasteiger partial charge in [-0.2, -0.15) is 0 Å². The molecule has 35 heavy (non-hydrogen) atoms. The van der Waals surface area contributed by atoms with Crippen molar-refractivity contribution >= 4 is 50.2 Å². The fourth-order valence-electron chi connectivity index (χ4n) is 3.85. The number of aliphatic hydroxyl groups is 1. The molecular weight excluding hydrogens is 488 g/mol. The lowest BCUT2D eigenvalue weighted by atomic mass is 10.1. The first-order chi connectivity index (χ1) is 16.6. The maximum Gasteiger partial charge on any atom is 0.341 e. The van der Waals surface area contributed by atoms with Crippen molar-refractivity contribution in [3.05, 3.63) is 82.8 Å². The Morgan fingerprint density at radius 3 is 2.51 bits per heavy atom. The van der Waals surface area contributed by atoms with Gasteiger partial charge in [-0.05, 0) is 69.3 Å². The van der Waals surface area contributed by atoms with Crippen LogP contribution in [-0.2, 0) is 14.3 Å². The van der Waals surface area contributed by atoms with Crippen molar-refractivity contribution in [1.82, 2.24) is 4.98 Å². The molecule has 1 N–H and O–H groups in total. The number of anilines is 1. The van der Waals surface area contributed by atoms with Gasteiger partial charge in [0.15, 0.2) is 10.9 Å². The Morgan fingerprint density at radius 1 is 1.11 bits per heavy atom. The smallest absolute Gasteiger partial charge is 0.341 e. The van der Waals surface area contributed by atoms with Crippen LogP contribution in [0.2, 0.25) is 5.02 Å². The normalized spacial score (nSPS) is 16.4. The van der Waals surface area contributed by atoms with Crippen molar-refractivity contribution < 1.29 is 23.8 Å². The van der Waals surface area contributed by atoms with E-state index in [0.717, 1.165) is 10.3 Å². The molecule has 0 saturated carbocycles. The van der Waals surface area contributed by atoms with Gasteiger partial charge in [0.05, 0.1) is 10.2 Å². The summed E-state index contributed by atoms with van der Waals surface area (Å²) in [7, 11) is 0. The van der Waals surface area contributed by atoms with Crippen LogP contribution < -0.4 is 4.90 Å². The first kappa shape index (κ1) is 23.1. The van der Waals surface area contributed by atoms with Crippen molar-refractivity contribution in [3.8, 4) is 11.3 Å². The molecule has 9 heteroatoms. The van der Waals surface area contributed by atoms with E-state index in [9.17, 15) is 14.7 Å². The molecule has 1 aliphatic rings. The summed E-state index contributed by atoms with van der Waals surface area (Å²) in [6.07, 6.45) is 0. The topological polar surface area (TPSA) is 92.9 Å². The molecule has 0 fully saturated rings. The second-order valence-corrected chi connectivity index (χ2v) is 10.5. The quantitative estimate of drug-likeness (QED) is 0.318. The second-order valence-electron chi connectivity index (χ2n) is 9.01. The number of aromatic nitrogens is 1. The molecule has 4 aromatic rings. The van der Waals surface area contributed by atoms with Gasteiger partial charge in [0.1, 0.15) is 28.7 Å². The lowest BCUT2D eigenvalue weighted by molar-refractivity contribution is -0.150. The number of carbonyl (C=O) groups is 2. The maximum absolute atomic E-state index is 13.3. The number of furan rings is 1. The Hall–Kier alpha value is -3.62. The number of hydrogen-bond acceptors (Lipinski definition) is 7. The second kappa shape index (κ2) is 8.55. The van der Waals surface area contributed by atoms with Crippen molar-refractivity contribution in [3.63, 3.8) is 0 Å². The third kappa shape index (κ3) is 4.31. The van der Waals surface area contributed by atoms with E-state index < -0.39 is 29.3 Å². The molecule has 1 amide bonds. The third-order valence-electron chi connectivity index (χ3n) is 5.34. The van der Waals surface area contributed by atoms with Crippen LogP contribution in [0.25, 0.3) is 21.5 Å². The molecule has 2 aromatic heterocycles. The summed E-state index contributed by atoms with van der Waals surface area (Å²) in [5.74, 6) is -1.44. The van der Waals surface area contributed by atoms with Crippen molar-refractivity contribution in [2.45, 2.75) is 32.4 Å². The summed E-state index contributed by atoms with van der Waals surface area (Å²) < 4.78 is 12.5. The number of ether oxygens (including phenoxy) is 1. The zero-order chi connectivity index (χ0) is 24.9. The summed E-state index contributed by atoms with van der Waals surface area (Å²) in [5.41, 5.74) is 0.439. The molecule has 1 aliphatic heterocycles. The van der Waals surface area contributed by atoms with E-state index in [1.807, 2.05) is 24.3 Å². The molecule has 0 spiro atoms. The average molecular weight is 509 g/mol. The summed E-state index contributed by atoms with van der Waals surface area (Å²) >= 11 is 7.28. The van der Waals surface area contributed by atoms with E-state index in [-0.39, 0.29) is 11.3 Å². The van der Waals surface area contributed by atoms with Gasteiger partial charge < -0.3 is 14.3 Å². The molecule has 7 nitrogen and oxygen atoms in total. The van der Waals surface area contributed by atoms with Gasteiger partial charge in [-0.15, -0.1) is 0 Å². The van der Waals surface area contributed by atoms with E-state index in [0.29, 0.717) is 21.4 Å². The maximum atomic E-state index is 13.3. The van der Waals surface area contributed by atoms with Crippen molar-refractivity contribution in [2.75, 3.05) is 4.90 Å². The highest BCUT2D eigenvalue weighted by atomic mass is 35.5. The van der Waals surface area contributed by atoms with Crippen LogP contribution in [0.5, 0.6) is 0 Å². The van der Waals surface area contributed by atoms with E-state index in [1.54, 1.807) is 57.2 Å². The Balaban J connectivity index is 1.63. The monoisotopic (exact) mass is 508 g/mol. The summed E-state index contributed by atoms with van der Waals surface area (Å²) in [5, 5.41) is 11.7. The van der Waals surface area contributed by atoms with Crippen LogP contribution in [-0.4, -0.2) is 27.6 Å².